The van der Waals surface area contributed by atoms with E-state index in [0.29, 0.717) is 4.90 Å². The van der Waals surface area contributed by atoms with Crippen LogP contribution in [-0.2, 0) is 16.3 Å². The number of hydrogen-bond donors (Lipinski definition) is 2. The van der Waals surface area contributed by atoms with Crippen molar-refractivity contribution in [3.63, 3.8) is 0 Å². The lowest BCUT2D eigenvalue weighted by Gasteiger charge is -2.30. The maximum Gasteiger partial charge on any atom is 0.191 e. The number of benzene rings is 1. The highest BCUT2D eigenvalue weighted by Crippen LogP contribution is 2.21. The Morgan fingerprint density at radius 2 is 1.82 bits per heavy atom. The summed E-state index contributed by atoms with van der Waals surface area (Å²) in [5.74, 6) is 0.840. The molecule has 0 radical (unpaired) electrons. The van der Waals surface area contributed by atoms with Crippen molar-refractivity contribution in [2.75, 3.05) is 39.5 Å². The van der Waals surface area contributed by atoms with E-state index in [0.717, 1.165) is 50.2 Å². The molecule has 0 heterocycles. The van der Waals surface area contributed by atoms with Crippen molar-refractivity contribution in [3.05, 3.63) is 29.8 Å². The van der Waals surface area contributed by atoms with Crippen LogP contribution in [0.1, 0.15) is 44.6 Å². The summed E-state index contributed by atoms with van der Waals surface area (Å²) < 4.78 is 23.1. The molecule has 2 rings (SSSR count). The molecule has 1 aromatic rings. The highest BCUT2D eigenvalue weighted by Gasteiger charge is 2.17. The van der Waals surface area contributed by atoms with Crippen molar-refractivity contribution in [1.82, 2.24) is 15.5 Å². The second-order valence-electron chi connectivity index (χ2n) is 7.63. The van der Waals surface area contributed by atoms with E-state index in [4.69, 9.17) is 4.99 Å². The molecular weight excluding hydrogens is 372 g/mol. The first kappa shape index (κ1) is 22.7. The SMILES string of the molecule is CCNC(=NCCN(C)C1CCCCC1)NCCc1ccc(S(C)(=O)=O)cc1. The van der Waals surface area contributed by atoms with Gasteiger partial charge in [0.15, 0.2) is 15.8 Å². The predicted molar refractivity (Wildman–Crippen MR) is 117 cm³/mol. The molecule has 0 atom stereocenters. The molecule has 158 valence electrons. The normalized spacial score (nSPS) is 16.4. The standard InChI is InChI=1S/C21H36N4O2S/c1-4-22-21(24-16-17-25(2)19-8-6-5-7-9-19)23-15-14-18-10-12-20(13-11-18)28(3,26)27/h10-13,19H,4-9,14-17H2,1-3H3,(H2,22,23,24). The first-order valence-corrected chi connectivity index (χ1v) is 12.3. The van der Waals surface area contributed by atoms with Gasteiger partial charge < -0.3 is 15.5 Å². The third-order valence-electron chi connectivity index (χ3n) is 5.32. The van der Waals surface area contributed by atoms with Crippen LogP contribution in [0.25, 0.3) is 0 Å². The quantitative estimate of drug-likeness (QED) is 0.485. The van der Waals surface area contributed by atoms with Crippen LogP contribution in [0.5, 0.6) is 0 Å². The van der Waals surface area contributed by atoms with Crippen LogP contribution in [0.4, 0.5) is 0 Å². The Bertz CT molecular complexity index is 710. The Morgan fingerprint density at radius 3 is 2.43 bits per heavy atom. The van der Waals surface area contributed by atoms with Gasteiger partial charge in [-0.2, -0.15) is 0 Å². The summed E-state index contributed by atoms with van der Waals surface area (Å²) in [6.07, 6.45) is 8.77. The second kappa shape index (κ2) is 11.4. The summed E-state index contributed by atoms with van der Waals surface area (Å²) >= 11 is 0. The number of guanidine groups is 1. The summed E-state index contributed by atoms with van der Waals surface area (Å²) in [5.41, 5.74) is 1.10. The molecule has 1 aromatic carbocycles. The third-order valence-corrected chi connectivity index (χ3v) is 6.45. The number of aliphatic imine (C=N–C) groups is 1. The van der Waals surface area contributed by atoms with Crippen LogP contribution in [-0.4, -0.2) is 64.8 Å². The van der Waals surface area contributed by atoms with E-state index in [9.17, 15) is 8.42 Å². The molecule has 0 aliphatic heterocycles. The minimum absolute atomic E-state index is 0.362. The minimum atomic E-state index is -3.14. The second-order valence-corrected chi connectivity index (χ2v) is 9.64. The molecule has 28 heavy (non-hydrogen) atoms. The summed E-state index contributed by atoms with van der Waals surface area (Å²) in [6.45, 7) is 5.41. The topological polar surface area (TPSA) is 73.8 Å². The zero-order chi connectivity index (χ0) is 20.4. The molecule has 0 saturated heterocycles. The lowest BCUT2D eigenvalue weighted by molar-refractivity contribution is 0.196. The Balaban J connectivity index is 1.77. The monoisotopic (exact) mass is 408 g/mol. The van der Waals surface area contributed by atoms with Gasteiger partial charge in [0.05, 0.1) is 11.4 Å². The molecule has 0 amide bonds. The Labute approximate surface area is 170 Å². The largest absolute Gasteiger partial charge is 0.357 e. The van der Waals surface area contributed by atoms with Crippen LogP contribution in [0.3, 0.4) is 0 Å². The van der Waals surface area contributed by atoms with Gasteiger partial charge >= 0.3 is 0 Å². The van der Waals surface area contributed by atoms with Crippen LogP contribution in [0.2, 0.25) is 0 Å². The van der Waals surface area contributed by atoms with Gasteiger partial charge in [-0.15, -0.1) is 0 Å². The zero-order valence-corrected chi connectivity index (χ0v) is 18.4. The first-order chi connectivity index (χ1) is 13.4. The Kier molecular flexibility index (Phi) is 9.25. The molecule has 1 aliphatic carbocycles. The van der Waals surface area contributed by atoms with Crippen molar-refractivity contribution in [2.45, 2.75) is 56.4 Å². The average Bonchev–Trinajstić information content (AvgIpc) is 2.68. The maximum atomic E-state index is 11.5. The van der Waals surface area contributed by atoms with Gasteiger partial charge in [0, 0.05) is 31.9 Å². The smallest absolute Gasteiger partial charge is 0.191 e. The molecule has 6 nitrogen and oxygen atoms in total. The van der Waals surface area contributed by atoms with Crippen LogP contribution < -0.4 is 10.6 Å². The molecule has 0 bridgehead atoms. The van der Waals surface area contributed by atoms with E-state index in [1.807, 2.05) is 12.1 Å². The van der Waals surface area contributed by atoms with Crippen LogP contribution in [0, 0.1) is 0 Å². The van der Waals surface area contributed by atoms with Crippen molar-refractivity contribution in [3.8, 4) is 0 Å². The van der Waals surface area contributed by atoms with E-state index >= 15 is 0 Å². The van der Waals surface area contributed by atoms with Crippen molar-refractivity contribution >= 4 is 15.8 Å². The van der Waals surface area contributed by atoms with E-state index in [1.54, 1.807) is 12.1 Å². The van der Waals surface area contributed by atoms with Gasteiger partial charge in [-0.05, 0) is 50.9 Å². The van der Waals surface area contributed by atoms with Gasteiger partial charge in [0.2, 0.25) is 0 Å². The van der Waals surface area contributed by atoms with Crippen LogP contribution in [0.15, 0.2) is 34.2 Å². The zero-order valence-electron chi connectivity index (χ0n) is 17.6. The maximum absolute atomic E-state index is 11.5. The number of hydrogen-bond acceptors (Lipinski definition) is 4. The molecule has 1 saturated carbocycles. The van der Waals surface area contributed by atoms with Gasteiger partial charge in [-0.25, -0.2) is 8.42 Å². The van der Waals surface area contributed by atoms with Gasteiger partial charge in [-0.3, -0.25) is 4.99 Å². The number of sulfone groups is 1. The Morgan fingerprint density at radius 1 is 1.14 bits per heavy atom. The third kappa shape index (κ3) is 7.80. The van der Waals surface area contributed by atoms with Gasteiger partial charge in [0.25, 0.3) is 0 Å². The summed E-state index contributed by atoms with van der Waals surface area (Å²) in [6, 6.07) is 7.81. The van der Waals surface area contributed by atoms with Crippen molar-refractivity contribution in [1.29, 1.82) is 0 Å². The molecule has 1 aliphatic rings. The summed E-state index contributed by atoms with van der Waals surface area (Å²) in [7, 11) is -0.921. The van der Waals surface area contributed by atoms with E-state index in [-0.39, 0.29) is 0 Å². The van der Waals surface area contributed by atoms with Crippen LogP contribution >= 0.6 is 0 Å². The minimum Gasteiger partial charge on any atom is -0.357 e. The van der Waals surface area contributed by atoms with E-state index in [2.05, 4.69) is 29.5 Å². The van der Waals surface area contributed by atoms with E-state index < -0.39 is 9.84 Å². The fourth-order valence-electron chi connectivity index (χ4n) is 3.59. The highest BCUT2D eigenvalue weighted by atomic mass is 32.2. The predicted octanol–water partition coefficient (Wildman–Crippen LogP) is 2.45. The average molecular weight is 409 g/mol. The number of nitrogens with one attached hydrogen (secondary N) is 2. The molecule has 0 spiro atoms. The fourth-order valence-corrected chi connectivity index (χ4v) is 4.22. The lowest BCUT2D eigenvalue weighted by atomic mass is 9.94. The molecule has 1 fully saturated rings. The Hall–Kier alpha value is -1.60. The van der Waals surface area contributed by atoms with E-state index in [1.165, 1.54) is 38.4 Å². The number of nitrogens with zero attached hydrogens (tertiary/aromatic N) is 2. The van der Waals surface area contributed by atoms with Gasteiger partial charge in [0.1, 0.15) is 0 Å². The summed E-state index contributed by atoms with van der Waals surface area (Å²) in [5, 5.41) is 6.66. The summed E-state index contributed by atoms with van der Waals surface area (Å²) in [4.78, 5) is 7.52. The van der Waals surface area contributed by atoms with Crippen molar-refractivity contribution in [2.24, 2.45) is 4.99 Å². The lowest BCUT2D eigenvalue weighted by Crippen LogP contribution is -2.39. The first-order valence-electron chi connectivity index (χ1n) is 10.4. The molecule has 0 aromatic heterocycles. The fraction of sp³-hybridized carbons (Fsp3) is 0.667. The highest BCUT2D eigenvalue weighted by molar-refractivity contribution is 7.90. The number of rotatable bonds is 9. The molecule has 7 heteroatoms. The van der Waals surface area contributed by atoms with Gasteiger partial charge in [-0.1, -0.05) is 31.4 Å². The molecule has 0 unspecified atom stereocenters. The molecule has 2 N–H and O–H groups in total. The van der Waals surface area contributed by atoms with Crippen molar-refractivity contribution < 1.29 is 8.42 Å². The number of likely N-dealkylation sites (N-methyl/N-ethyl adjacent to an activating group) is 1. The molecular formula is C21H36N4O2S.